The summed E-state index contributed by atoms with van der Waals surface area (Å²) < 4.78 is 26.3. The van der Waals surface area contributed by atoms with Crippen LogP contribution in [0.15, 0.2) is 43.0 Å². The van der Waals surface area contributed by atoms with E-state index in [9.17, 15) is 4.79 Å². The molecule has 2 fully saturated rings. The molecule has 1 unspecified atom stereocenters. The summed E-state index contributed by atoms with van der Waals surface area (Å²) in [6.45, 7) is 5.78. The summed E-state index contributed by atoms with van der Waals surface area (Å²) in [5.74, 6) is 1.10. The maximum absolute atomic E-state index is 15.4. The molecule has 0 bridgehead atoms. The Labute approximate surface area is 222 Å². The number of nitrogens with one attached hydrogen (secondary N) is 3. The van der Waals surface area contributed by atoms with Crippen LogP contribution in [0.4, 0.5) is 21.8 Å². The van der Waals surface area contributed by atoms with Gasteiger partial charge in [0.15, 0.2) is 17.7 Å². The molecule has 3 aromatic heterocycles. The van der Waals surface area contributed by atoms with Gasteiger partial charge in [-0.05, 0) is 32.0 Å². The number of carbonyl (C=O) groups excluding carboxylic acids is 1. The molecule has 4 aromatic rings. The molecule has 2 saturated heterocycles. The Balaban J connectivity index is 1.24. The molecular weight excluding hydrogens is 505 g/mol. The largest absolute Gasteiger partial charge is 0.457 e. The first-order chi connectivity index (χ1) is 18.9. The van der Waals surface area contributed by atoms with Crippen molar-refractivity contribution < 1.29 is 18.7 Å². The second kappa shape index (κ2) is 9.91. The van der Waals surface area contributed by atoms with Gasteiger partial charge in [-0.15, -0.1) is 0 Å². The molecule has 39 heavy (non-hydrogen) atoms. The average Bonchev–Trinajstić information content (AvgIpc) is 3.78. The van der Waals surface area contributed by atoms with Crippen LogP contribution in [0, 0.1) is 18.2 Å². The van der Waals surface area contributed by atoms with Crippen molar-refractivity contribution in [3.63, 3.8) is 0 Å². The third-order valence-corrected chi connectivity index (χ3v) is 6.76. The van der Waals surface area contributed by atoms with E-state index >= 15 is 4.39 Å². The monoisotopic (exact) mass is 531 g/mol. The first-order valence-electron chi connectivity index (χ1n) is 12.5. The summed E-state index contributed by atoms with van der Waals surface area (Å²) in [5, 5.41) is 10.7. The first-order valence-corrected chi connectivity index (χ1v) is 12.5. The Morgan fingerprint density at radius 3 is 2.87 bits per heavy atom. The fourth-order valence-electron chi connectivity index (χ4n) is 4.57. The number of hydrogen-bond acceptors (Lipinski definition) is 10. The number of hydrogen-bond donors (Lipinski definition) is 3. The predicted molar refractivity (Wildman–Crippen MR) is 139 cm³/mol. The van der Waals surface area contributed by atoms with E-state index in [1.165, 1.54) is 12.4 Å². The molecule has 5 heterocycles. The Hall–Kier alpha value is -4.65. The van der Waals surface area contributed by atoms with Crippen molar-refractivity contribution in [1.82, 2.24) is 29.8 Å². The second-order valence-electron chi connectivity index (χ2n) is 9.49. The van der Waals surface area contributed by atoms with Gasteiger partial charge in [0.25, 0.3) is 5.91 Å². The number of halogens is 1. The number of aromatic nitrogens is 5. The van der Waals surface area contributed by atoms with Gasteiger partial charge in [0.1, 0.15) is 34.3 Å². The van der Waals surface area contributed by atoms with Crippen LogP contribution in [-0.2, 0) is 9.53 Å². The summed E-state index contributed by atoms with van der Waals surface area (Å²) in [5.41, 5.74) is 1.63. The van der Waals surface area contributed by atoms with E-state index in [0.29, 0.717) is 66.1 Å². The minimum absolute atomic E-state index is 0.0265. The lowest BCUT2D eigenvalue weighted by molar-refractivity contribution is -0.134. The molecule has 2 aliphatic rings. The number of H-pyrrole nitrogens is 1. The van der Waals surface area contributed by atoms with Crippen LogP contribution in [0.3, 0.4) is 0 Å². The predicted octanol–water partition coefficient (Wildman–Crippen LogP) is 2.65. The SMILES string of the molecule is Cc1c(Oc2cc[nH]c(=N)c2)ccc(Nc2ncnc3cnc(N4CCN(C(=O)C5CO5)[C@H](C)C4)nc23)c1F. The highest BCUT2D eigenvalue weighted by atomic mass is 19.1. The zero-order valence-corrected chi connectivity index (χ0v) is 21.3. The lowest BCUT2D eigenvalue weighted by Gasteiger charge is -2.39. The number of epoxide rings is 1. The zero-order chi connectivity index (χ0) is 27.1. The van der Waals surface area contributed by atoms with E-state index in [2.05, 4.69) is 25.3 Å². The van der Waals surface area contributed by atoms with Crippen LogP contribution >= 0.6 is 0 Å². The molecule has 0 spiro atoms. The lowest BCUT2D eigenvalue weighted by Crippen LogP contribution is -2.55. The maximum Gasteiger partial charge on any atom is 0.254 e. The van der Waals surface area contributed by atoms with E-state index in [1.807, 2.05) is 16.7 Å². The van der Waals surface area contributed by atoms with Crippen LogP contribution in [0.25, 0.3) is 11.0 Å². The quantitative estimate of drug-likeness (QED) is 0.319. The smallest absolute Gasteiger partial charge is 0.254 e. The van der Waals surface area contributed by atoms with E-state index in [-0.39, 0.29) is 29.2 Å². The van der Waals surface area contributed by atoms with E-state index in [4.69, 9.17) is 19.9 Å². The fourth-order valence-corrected chi connectivity index (χ4v) is 4.57. The molecule has 2 atom stereocenters. The highest BCUT2D eigenvalue weighted by molar-refractivity contribution is 5.87. The van der Waals surface area contributed by atoms with Gasteiger partial charge in [-0.25, -0.2) is 24.3 Å². The van der Waals surface area contributed by atoms with Crippen LogP contribution in [-0.4, -0.2) is 74.1 Å². The normalized spacial score (nSPS) is 18.7. The highest BCUT2D eigenvalue weighted by Crippen LogP contribution is 2.32. The van der Waals surface area contributed by atoms with Crippen molar-refractivity contribution in [3.8, 4) is 11.5 Å². The van der Waals surface area contributed by atoms with Crippen molar-refractivity contribution in [2.75, 3.05) is 36.5 Å². The van der Waals surface area contributed by atoms with Crippen molar-refractivity contribution in [1.29, 1.82) is 5.41 Å². The van der Waals surface area contributed by atoms with Gasteiger partial charge in [0.2, 0.25) is 5.95 Å². The van der Waals surface area contributed by atoms with Gasteiger partial charge in [0.05, 0.1) is 18.5 Å². The summed E-state index contributed by atoms with van der Waals surface area (Å²) in [4.78, 5) is 36.8. The first kappa shape index (κ1) is 24.7. The summed E-state index contributed by atoms with van der Waals surface area (Å²) in [7, 11) is 0. The number of carbonyl (C=O) groups is 1. The highest BCUT2D eigenvalue weighted by Gasteiger charge is 2.39. The molecule has 0 saturated carbocycles. The van der Waals surface area contributed by atoms with Crippen molar-refractivity contribution in [2.45, 2.75) is 26.0 Å². The second-order valence-corrected chi connectivity index (χ2v) is 9.49. The van der Waals surface area contributed by atoms with E-state index < -0.39 is 5.82 Å². The molecule has 3 N–H and O–H groups in total. The number of rotatable bonds is 6. The summed E-state index contributed by atoms with van der Waals surface area (Å²) >= 11 is 0. The molecule has 1 aromatic carbocycles. The van der Waals surface area contributed by atoms with Crippen molar-refractivity contribution >= 4 is 34.4 Å². The molecule has 13 heteroatoms. The van der Waals surface area contributed by atoms with Gasteiger partial charge in [-0.2, -0.15) is 0 Å². The Kier molecular flexibility index (Phi) is 6.27. The molecular formula is C26H26FN9O3. The van der Waals surface area contributed by atoms with Gasteiger partial charge < -0.3 is 29.6 Å². The third kappa shape index (κ3) is 4.95. The summed E-state index contributed by atoms with van der Waals surface area (Å²) in [6, 6.07) is 6.35. The molecule has 200 valence electrons. The van der Waals surface area contributed by atoms with Gasteiger partial charge in [0, 0.05) is 43.5 Å². The number of fused-ring (bicyclic) bond motifs is 1. The molecule has 2 aliphatic heterocycles. The van der Waals surface area contributed by atoms with Crippen molar-refractivity contribution in [2.24, 2.45) is 0 Å². The minimum atomic E-state index is -0.503. The standard InChI is InChI=1S/C26H26FN9O3/c1-14-11-35(7-8-36(14)25(37)20-12-38-20)26-30-10-18-23(34-26)24(32-13-31-18)33-17-3-4-19(15(2)22(17)27)39-16-5-6-29-21(28)9-16/h3-6,9-10,13-14,20H,7-8,11-12H2,1-2H3,(H2,28,29)(H,31,32,33)/t14-,20?/m1/s1. The Morgan fingerprint density at radius 1 is 1.26 bits per heavy atom. The number of benzene rings is 1. The molecule has 12 nitrogen and oxygen atoms in total. The molecule has 6 rings (SSSR count). The number of anilines is 3. The van der Waals surface area contributed by atoms with E-state index in [1.54, 1.807) is 37.5 Å². The Morgan fingerprint density at radius 2 is 2.10 bits per heavy atom. The number of aromatic amines is 1. The zero-order valence-electron chi connectivity index (χ0n) is 21.3. The average molecular weight is 532 g/mol. The fraction of sp³-hybridized carbons (Fsp3) is 0.308. The van der Waals surface area contributed by atoms with Gasteiger partial charge in [-0.1, -0.05) is 0 Å². The van der Waals surface area contributed by atoms with Crippen molar-refractivity contribution in [3.05, 3.63) is 59.9 Å². The topological polar surface area (TPSA) is 149 Å². The van der Waals surface area contributed by atoms with Crippen LogP contribution < -0.4 is 20.4 Å². The van der Waals surface area contributed by atoms with Gasteiger partial charge >= 0.3 is 0 Å². The molecule has 0 aliphatic carbocycles. The number of amides is 1. The van der Waals surface area contributed by atoms with Crippen LogP contribution in [0.1, 0.15) is 12.5 Å². The molecule has 0 radical (unpaired) electrons. The summed E-state index contributed by atoms with van der Waals surface area (Å²) in [6.07, 6.45) is 4.26. The number of piperazine rings is 1. The molecule has 1 amide bonds. The Bertz CT molecular complexity index is 1620. The maximum atomic E-state index is 15.4. The minimum Gasteiger partial charge on any atom is -0.457 e. The van der Waals surface area contributed by atoms with E-state index in [0.717, 1.165) is 0 Å². The van der Waals surface area contributed by atoms with Gasteiger partial charge in [-0.3, -0.25) is 10.2 Å². The third-order valence-electron chi connectivity index (χ3n) is 6.76. The van der Waals surface area contributed by atoms with Crippen LogP contribution in [0.2, 0.25) is 0 Å². The van der Waals surface area contributed by atoms with Crippen LogP contribution in [0.5, 0.6) is 11.5 Å². The number of ether oxygens (including phenoxy) is 2. The number of nitrogens with zero attached hydrogens (tertiary/aromatic N) is 6. The lowest BCUT2D eigenvalue weighted by atomic mass is 10.1. The number of pyridine rings is 1.